The summed E-state index contributed by atoms with van der Waals surface area (Å²) in [6.45, 7) is 15.2. The molecule has 0 aromatic carbocycles. The van der Waals surface area contributed by atoms with E-state index in [9.17, 15) is 4.79 Å². The van der Waals surface area contributed by atoms with Crippen LogP contribution in [0, 0.1) is 11.3 Å². The molecule has 0 aliphatic rings. The van der Waals surface area contributed by atoms with Crippen molar-refractivity contribution < 1.29 is 14.3 Å². The Morgan fingerprint density at radius 3 is 1.94 bits per heavy atom. The third-order valence-electron chi connectivity index (χ3n) is 2.60. The predicted octanol–water partition coefficient (Wildman–Crippen LogP) is 3.81. The van der Waals surface area contributed by atoms with Gasteiger partial charge in [-0.25, -0.2) is 0 Å². The molecule has 0 aromatic rings. The van der Waals surface area contributed by atoms with Gasteiger partial charge in [-0.05, 0) is 60.3 Å². The molecule has 1 unspecified atom stereocenters. The van der Waals surface area contributed by atoms with Crippen molar-refractivity contribution in [2.45, 2.75) is 66.9 Å². The first kappa shape index (κ1) is 17.4. The van der Waals surface area contributed by atoms with Crippen molar-refractivity contribution in [2.24, 2.45) is 11.3 Å². The number of hydrogen-bond donors (Lipinski definition) is 0. The molecule has 0 aromatic heterocycles. The lowest BCUT2D eigenvalue weighted by Gasteiger charge is -2.21. The fourth-order valence-corrected chi connectivity index (χ4v) is 1.28. The second-order valence-electron chi connectivity index (χ2n) is 7.03. The summed E-state index contributed by atoms with van der Waals surface area (Å²) in [7, 11) is 0. The molecule has 108 valence electrons. The summed E-state index contributed by atoms with van der Waals surface area (Å²) in [4.78, 5) is 11.5. The highest BCUT2D eigenvalue weighted by atomic mass is 16.5. The van der Waals surface area contributed by atoms with Gasteiger partial charge in [0.25, 0.3) is 0 Å². The highest BCUT2D eigenvalue weighted by molar-refractivity contribution is 5.75. The topological polar surface area (TPSA) is 35.5 Å². The lowest BCUT2D eigenvalue weighted by molar-refractivity contribution is -0.153. The average molecular weight is 258 g/mol. The maximum atomic E-state index is 11.5. The van der Waals surface area contributed by atoms with Gasteiger partial charge in [-0.2, -0.15) is 0 Å². The smallest absolute Gasteiger partial charge is 0.311 e. The molecule has 0 spiro atoms. The van der Waals surface area contributed by atoms with E-state index in [0.29, 0.717) is 12.5 Å². The zero-order chi connectivity index (χ0) is 14.4. The predicted molar refractivity (Wildman–Crippen MR) is 74.5 cm³/mol. The highest BCUT2D eigenvalue weighted by Crippen LogP contribution is 2.17. The minimum Gasteiger partial charge on any atom is -0.465 e. The summed E-state index contributed by atoms with van der Waals surface area (Å²) in [5, 5.41) is 0. The number of ether oxygens (including phenoxy) is 2. The maximum absolute atomic E-state index is 11.5. The summed E-state index contributed by atoms with van der Waals surface area (Å²) >= 11 is 0. The summed E-state index contributed by atoms with van der Waals surface area (Å²) in [6.07, 6.45) is 1.90. The van der Waals surface area contributed by atoms with Crippen LogP contribution in [0.1, 0.15) is 61.3 Å². The van der Waals surface area contributed by atoms with Gasteiger partial charge in [0.2, 0.25) is 0 Å². The Hall–Kier alpha value is -0.570. The van der Waals surface area contributed by atoms with Crippen LogP contribution in [0.4, 0.5) is 0 Å². The minimum absolute atomic E-state index is 0.0710. The van der Waals surface area contributed by atoms with Gasteiger partial charge in [-0.3, -0.25) is 4.79 Å². The largest absolute Gasteiger partial charge is 0.465 e. The van der Waals surface area contributed by atoms with E-state index in [1.807, 2.05) is 20.8 Å². The van der Waals surface area contributed by atoms with Crippen LogP contribution in [-0.2, 0) is 14.3 Å². The van der Waals surface area contributed by atoms with E-state index in [2.05, 4.69) is 27.7 Å². The van der Waals surface area contributed by atoms with Gasteiger partial charge >= 0.3 is 5.97 Å². The Bertz CT molecular complexity index is 245. The van der Waals surface area contributed by atoms with Gasteiger partial charge in [0, 0.05) is 6.61 Å². The Kier molecular flexibility index (Phi) is 6.90. The zero-order valence-corrected chi connectivity index (χ0v) is 13.1. The molecule has 0 bridgehead atoms. The van der Waals surface area contributed by atoms with Gasteiger partial charge < -0.3 is 9.47 Å². The van der Waals surface area contributed by atoms with Crippen LogP contribution in [0.15, 0.2) is 0 Å². The molecule has 3 nitrogen and oxygen atoms in total. The molecule has 0 saturated heterocycles. The standard InChI is InChI=1S/C15H30O3/c1-12(9-11-18-15(5,6)7)8-10-17-13(16)14(2,3)4/h12H,8-11H2,1-7H3. The number of carbonyl (C=O) groups is 1. The molecule has 1 atom stereocenters. The van der Waals surface area contributed by atoms with Crippen molar-refractivity contribution in [3.05, 3.63) is 0 Å². The molecular weight excluding hydrogens is 228 g/mol. The summed E-state index contributed by atoms with van der Waals surface area (Å²) < 4.78 is 10.9. The number of rotatable bonds is 6. The Morgan fingerprint density at radius 1 is 1.00 bits per heavy atom. The van der Waals surface area contributed by atoms with Crippen LogP contribution < -0.4 is 0 Å². The SMILES string of the molecule is CC(CCOC(=O)C(C)(C)C)CCOC(C)(C)C. The van der Waals surface area contributed by atoms with Gasteiger partial charge in [0.15, 0.2) is 0 Å². The summed E-state index contributed by atoms with van der Waals surface area (Å²) in [5.41, 5.74) is -0.475. The lowest BCUT2D eigenvalue weighted by Crippen LogP contribution is -2.24. The van der Waals surface area contributed by atoms with Gasteiger partial charge in [0.1, 0.15) is 0 Å². The van der Waals surface area contributed by atoms with E-state index >= 15 is 0 Å². The molecule has 0 aliphatic heterocycles. The quantitative estimate of drug-likeness (QED) is 0.680. The number of esters is 1. The van der Waals surface area contributed by atoms with Crippen LogP contribution in [0.5, 0.6) is 0 Å². The highest BCUT2D eigenvalue weighted by Gasteiger charge is 2.22. The van der Waals surface area contributed by atoms with E-state index in [1.54, 1.807) is 0 Å². The molecule has 0 heterocycles. The van der Waals surface area contributed by atoms with Crippen molar-refractivity contribution in [1.82, 2.24) is 0 Å². The molecule has 0 aliphatic carbocycles. The molecule has 18 heavy (non-hydrogen) atoms. The second-order valence-corrected chi connectivity index (χ2v) is 7.03. The Balaban J connectivity index is 3.66. The van der Waals surface area contributed by atoms with Crippen LogP contribution in [-0.4, -0.2) is 24.8 Å². The molecule has 0 saturated carbocycles. The number of carbonyl (C=O) groups excluding carboxylic acids is 1. The van der Waals surface area contributed by atoms with E-state index in [-0.39, 0.29) is 11.6 Å². The van der Waals surface area contributed by atoms with Crippen molar-refractivity contribution in [2.75, 3.05) is 13.2 Å². The first-order valence-corrected chi connectivity index (χ1v) is 6.83. The van der Waals surface area contributed by atoms with Gasteiger partial charge in [-0.1, -0.05) is 6.92 Å². The van der Waals surface area contributed by atoms with Crippen LogP contribution in [0.25, 0.3) is 0 Å². The Morgan fingerprint density at radius 2 is 1.50 bits per heavy atom. The fraction of sp³-hybridized carbons (Fsp3) is 0.933. The third-order valence-corrected chi connectivity index (χ3v) is 2.60. The average Bonchev–Trinajstić information content (AvgIpc) is 2.13. The molecule has 0 fully saturated rings. The first-order chi connectivity index (χ1) is 8.02. The van der Waals surface area contributed by atoms with Gasteiger partial charge in [0.05, 0.1) is 17.6 Å². The van der Waals surface area contributed by atoms with Crippen molar-refractivity contribution in [3.63, 3.8) is 0 Å². The van der Waals surface area contributed by atoms with E-state index in [0.717, 1.165) is 19.4 Å². The van der Waals surface area contributed by atoms with Gasteiger partial charge in [-0.15, -0.1) is 0 Å². The third kappa shape index (κ3) is 9.46. The monoisotopic (exact) mass is 258 g/mol. The molecule has 0 rings (SSSR count). The summed E-state index contributed by atoms with van der Waals surface area (Å²) in [6, 6.07) is 0. The first-order valence-electron chi connectivity index (χ1n) is 6.83. The van der Waals surface area contributed by atoms with Crippen LogP contribution >= 0.6 is 0 Å². The zero-order valence-electron chi connectivity index (χ0n) is 13.1. The minimum atomic E-state index is -0.404. The normalized spacial score (nSPS) is 14.4. The van der Waals surface area contributed by atoms with Crippen molar-refractivity contribution in [3.8, 4) is 0 Å². The molecule has 3 heteroatoms. The van der Waals surface area contributed by atoms with E-state index in [1.165, 1.54) is 0 Å². The molecule has 0 N–H and O–H groups in total. The fourth-order valence-electron chi connectivity index (χ4n) is 1.28. The van der Waals surface area contributed by atoms with Crippen molar-refractivity contribution >= 4 is 5.97 Å². The summed E-state index contributed by atoms with van der Waals surface area (Å²) in [5.74, 6) is 0.390. The second kappa shape index (κ2) is 7.13. The lowest BCUT2D eigenvalue weighted by atomic mass is 9.97. The molecule has 0 amide bonds. The van der Waals surface area contributed by atoms with E-state index in [4.69, 9.17) is 9.47 Å². The van der Waals surface area contributed by atoms with Crippen LogP contribution in [0.2, 0.25) is 0 Å². The van der Waals surface area contributed by atoms with E-state index < -0.39 is 5.41 Å². The van der Waals surface area contributed by atoms with Crippen LogP contribution in [0.3, 0.4) is 0 Å². The molecular formula is C15H30O3. The Labute approximate surface area is 112 Å². The van der Waals surface area contributed by atoms with Crippen molar-refractivity contribution in [1.29, 1.82) is 0 Å². The molecule has 0 radical (unpaired) electrons. The number of hydrogen-bond acceptors (Lipinski definition) is 3. The maximum Gasteiger partial charge on any atom is 0.311 e.